The highest BCUT2D eigenvalue weighted by molar-refractivity contribution is 6.31. The predicted molar refractivity (Wildman–Crippen MR) is 137 cm³/mol. The van der Waals surface area contributed by atoms with Gasteiger partial charge in [0, 0.05) is 41.8 Å². The second-order valence-corrected chi connectivity index (χ2v) is 10.8. The molecule has 0 saturated heterocycles. The number of aliphatic hydroxyl groups excluding tert-OH is 1. The maximum atomic E-state index is 13.1. The Hall–Kier alpha value is -2.35. The van der Waals surface area contributed by atoms with E-state index in [1.807, 2.05) is 20.8 Å². The summed E-state index contributed by atoms with van der Waals surface area (Å²) in [5, 5.41) is 11.6. The minimum Gasteiger partial charge on any atom is -0.495 e. The Balaban J connectivity index is 2.47. The molecule has 0 amide bonds. The van der Waals surface area contributed by atoms with Crippen molar-refractivity contribution in [3.8, 4) is 0 Å². The first-order chi connectivity index (χ1) is 16.2. The van der Waals surface area contributed by atoms with Crippen molar-refractivity contribution >= 4 is 28.9 Å². The van der Waals surface area contributed by atoms with Gasteiger partial charge in [-0.3, -0.25) is 4.79 Å². The van der Waals surface area contributed by atoms with E-state index in [2.05, 4.69) is 0 Å². The largest absolute Gasteiger partial charge is 0.495 e. The number of hydrogen-bond acceptors (Lipinski definition) is 7. The lowest BCUT2D eigenvalue weighted by molar-refractivity contribution is -0.164. The van der Waals surface area contributed by atoms with Gasteiger partial charge in [0.2, 0.25) is 0 Å². The van der Waals surface area contributed by atoms with Gasteiger partial charge in [-0.1, -0.05) is 18.5 Å². The zero-order valence-electron chi connectivity index (χ0n) is 22.0. The summed E-state index contributed by atoms with van der Waals surface area (Å²) in [5.41, 5.74) is 0.472. The number of allylic oxidation sites excluding steroid dienone is 1. The molecule has 2 rings (SSSR count). The second kappa shape index (κ2) is 11.6. The molecule has 8 heteroatoms. The number of nitrogens with zero attached hydrogens (tertiary/aromatic N) is 1. The van der Waals surface area contributed by atoms with Crippen LogP contribution in [0.15, 0.2) is 36.2 Å². The van der Waals surface area contributed by atoms with E-state index in [1.165, 1.54) is 12.0 Å². The molecule has 0 aliphatic carbocycles. The van der Waals surface area contributed by atoms with Gasteiger partial charge in [0.1, 0.15) is 23.6 Å². The lowest BCUT2D eigenvalue weighted by Gasteiger charge is -2.37. The molecule has 0 radical (unpaired) electrons. The van der Waals surface area contributed by atoms with Crippen LogP contribution < -0.4 is 0 Å². The number of Topliss-reactive ketones (excluding diaryl/α,β-unsaturated/α-hetero) is 1. The first-order valence-corrected chi connectivity index (χ1v) is 12.2. The van der Waals surface area contributed by atoms with E-state index in [0.717, 1.165) is 0 Å². The molecule has 1 aromatic carbocycles. The fourth-order valence-corrected chi connectivity index (χ4v) is 3.84. The third kappa shape index (κ3) is 8.09. The van der Waals surface area contributed by atoms with E-state index in [1.54, 1.807) is 58.2 Å². The Morgan fingerprint density at radius 2 is 1.80 bits per heavy atom. The normalized spacial score (nSPS) is 17.4. The molecule has 1 aliphatic heterocycles. The minimum absolute atomic E-state index is 0.0594. The molecule has 35 heavy (non-hydrogen) atoms. The third-order valence-electron chi connectivity index (χ3n) is 5.23. The number of benzene rings is 1. The van der Waals surface area contributed by atoms with Gasteiger partial charge >= 0.3 is 5.97 Å². The van der Waals surface area contributed by atoms with Gasteiger partial charge in [-0.2, -0.15) is 0 Å². The van der Waals surface area contributed by atoms with Crippen molar-refractivity contribution in [3.05, 3.63) is 52.4 Å². The lowest BCUT2D eigenvalue weighted by Crippen LogP contribution is -2.48. The maximum absolute atomic E-state index is 13.1. The average molecular weight is 508 g/mol. The van der Waals surface area contributed by atoms with E-state index < -0.39 is 23.8 Å². The minimum atomic E-state index is -1.18. The van der Waals surface area contributed by atoms with E-state index in [-0.39, 0.29) is 24.4 Å². The topological polar surface area (TPSA) is 85.3 Å². The van der Waals surface area contributed by atoms with Crippen LogP contribution in [0.1, 0.15) is 77.2 Å². The number of ether oxygens (including phenoxy) is 3. The van der Waals surface area contributed by atoms with Crippen molar-refractivity contribution in [2.24, 2.45) is 0 Å². The Morgan fingerprint density at radius 1 is 1.14 bits per heavy atom. The molecule has 0 spiro atoms. The summed E-state index contributed by atoms with van der Waals surface area (Å²) in [5.74, 6) is -0.161. The van der Waals surface area contributed by atoms with Crippen LogP contribution in [0.2, 0.25) is 5.02 Å². The van der Waals surface area contributed by atoms with Gasteiger partial charge in [0.25, 0.3) is 0 Å². The summed E-state index contributed by atoms with van der Waals surface area (Å²) < 4.78 is 17.1. The summed E-state index contributed by atoms with van der Waals surface area (Å²) >= 11 is 6.24. The highest BCUT2D eigenvalue weighted by Crippen LogP contribution is 2.35. The third-order valence-corrected chi connectivity index (χ3v) is 5.47. The van der Waals surface area contributed by atoms with E-state index in [0.29, 0.717) is 33.9 Å². The highest BCUT2D eigenvalue weighted by atomic mass is 35.5. The Kier molecular flexibility index (Phi) is 9.56. The molecule has 0 aromatic heterocycles. The van der Waals surface area contributed by atoms with Crippen LogP contribution >= 0.6 is 11.6 Å². The molecule has 1 aromatic rings. The van der Waals surface area contributed by atoms with Gasteiger partial charge in [0.05, 0.1) is 12.7 Å². The Bertz CT molecular complexity index is 986. The van der Waals surface area contributed by atoms with Crippen molar-refractivity contribution in [3.63, 3.8) is 0 Å². The van der Waals surface area contributed by atoms with Crippen LogP contribution in [-0.4, -0.2) is 58.9 Å². The average Bonchev–Trinajstić information content (AvgIpc) is 2.74. The Labute approximate surface area is 213 Å². The molecular formula is C27H38ClNO6. The maximum Gasteiger partial charge on any atom is 0.329 e. The molecule has 2 unspecified atom stereocenters. The highest BCUT2D eigenvalue weighted by Gasteiger charge is 2.35. The summed E-state index contributed by atoms with van der Waals surface area (Å²) in [4.78, 5) is 27.2. The Morgan fingerprint density at radius 3 is 2.34 bits per heavy atom. The SMILES string of the molecule is CCC(=O)c1ccc(Cl)cc1C1=CC(O)N(C(CCOC(C)(C)C)C(=O)OC(C)(C)C)C=C1OC. The first kappa shape index (κ1) is 28.9. The van der Waals surface area contributed by atoms with Crippen molar-refractivity contribution in [2.75, 3.05) is 13.7 Å². The number of aliphatic hydroxyl groups is 1. The monoisotopic (exact) mass is 507 g/mol. The number of hydrogen-bond donors (Lipinski definition) is 1. The quantitative estimate of drug-likeness (QED) is 0.356. The van der Waals surface area contributed by atoms with Gasteiger partial charge in [0.15, 0.2) is 5.78 Å². The number of rotatable bonds is 9. The van der Waals surface area contributed by atoms with Gasteiger partial charge in [-0.15, -0.1) is 0 Å². The molecule has 0 bridgehead atoms. The van der Waals surface area contributed by atoms with Crippen molar-refractivity contribution < 1.29 is 28.9 Å². The van der Waals surface area contributed by atoms with Crippen LogP contribution in [-0.2, 0) is 19.0 Å². The molecule has 7 nitrogen and oxygen atoms in total. The molecular weight excluding hydrogens is 470 g/mol. The molecule has 0 saturated carbocycles. The molecule has 1 heterocycles. The molecule has 1 aliphatic rings. The van der Waals surface area contributed by atoms with Crippen molar-refractivity contribution in [2.45, 2.75) is 84.8 Å². The molecule has 0 fully saturated rings. The van der Waals surface area contributed by atoms with Crippen molar-refractivity contribution in [1.29, 1.82) is 0 Å². The standard InChI is InChI=1S/C27H38ClNO6/c1-9-22(30)18-11-10-17(28)14-19(18)20-15-24(31)29(16-23(20)33-8)21(12-13-34-26(2,3)4)25(32)35-27(5,6)7/h10-11,14-16,21,24,31H,9,12-13H2,1-8H3. The van der Waals surface area contributed by atoms with E-state index >= 15 is 0 Å². The summed E-state index contributed by atoms with van der Waals surface area (Å²) in [6.45, 7) is 13.2. The zero-order valence-corrected chi connectivity index (χ0v) is 22.7. The number of carbonyl (C=O) groups excluding carboxylic acids is 2. The number of esters is 1. The van der Waals surface area contributed by atoms with Crippen LogP contribution in [0.5, 0.6) is 0 Å². The fourth-order valence-electron chi connectivity index (χ4n) is 3.67. The second-order valence-electron chi connectivity index (χ2n) is 10.4. The van der Waals surface area contributed by atoms with E-state index in [4.69, 9.17) is 25.8 Å². The lowest BCUT2D eigenvalue weighted by atomic mass is 9.93. The predicted octanol–water partition coefficient (Wildman–Crippen LogP) is 5.35. The number of halogens is 1. The smallest absolute Gasteiger partial charge is 0.329 e. The summed E-state index contributed by atoms with van der Waals surface area (Å²) in [6.07, 6.45) is 2.55. The van der Waals surface area contributed by atoms with Crippen LogP contribution in [0.3, 0.4) is 0 Å². The fraction of sp³-hybridized carbons (Fsp3) is 0.556. The van der Waals surface area contributed by atoms with Gasteiger partial charge in [-0.25, -0.2) is 4.79 Å². The first-order valence-electron chi connectivity index (χ1n) is 11.8. The van der Waals surface area contributed by atoms with Crippen LogP contribution in [0.4, 0.5) is 0 Å². The zero-order chi connectivity index (χ0) is 26.6. The molecule has 2 atom stereocenters. The summed E-state index contributed by atoms with van der Waals surface area (Å²) in [7, 11) is 1.49. The van der Waals surface area contributed by atoms with Gasteiger partial charge in [-0.05, 0) is 71.4 Å². The number of carbonyl (C=O) groups is 2. The summed E-state index contributed by atoms with van der Waals surface area (Å²) in [6, 6.07) is 4.17. The molecule has 194 valence electrons. The van der Waals surface area contributed by atoms with Crippen LogP contribution in [0.25, 0.3) is 5.57 Å². The van der Waals surface area contributed by atoms with Gasteiger partial charge < -0.3 is 24.2 Å². The van der Waals surface area contributed by atoms with Crippen LogP contribution in [0, 0.1) is 0 Å². The number of ketones is 1. The number of methoxy groups -OCH3 is 1. The van der Waals surface area contributed by atoms with Crippen molar-refractivity contribution in [1.82, 2.24) is 4.90 Å². The van der Waals surface area contributed by atoms with E-state index in [9.17, 15) is 14.7 Å². The molecule has 1 N–H and O–H groups in total.